The predicted octanol–water partition coefficient (Wildman–Crippen LogP) is 3.69. The molecule has 0 spiro atoms. The third kappa shape index (κ3) is 4.52. The van der Waals surface area contributed by atoms with E-state index in [1.165, 1.54) is 0 Å². The van der Waals surface area contributed by atoms with Crippen LogP contribution in [-0.4, -0.2) is 50.2 Å². The number of hydrogen-bond acceptors (Lipinski definition) is 5. The summed E-state index contributed by atoms with van der Waals surface area (Å²) < 4.78 is 1.99. The SMILES string of the molecule is CCn1cnnc1-c1cccc(NC(=O)[C@@H](c2ccccc2)N2CCSCC2)c1. The van der Waals surface area contributed by atoms with E-state index in [0.29, 0.717) is 0 Å². The van der Waals surface area contributed by atoms with Crippen LogP contribution in [0.2, 0.25) is 0 Å². The molecule has 2 aromatic carbocycles. The average molecular weight is 408 g/mol. The molecule has 7 heteroatoms. The molecule has 4 rings (SSSR count). The van der Waals surface area contributed by atoms with Gasteiger partial charge in [-0.25, -0.2) is 0 Å². The van der Waals surface area contributed by atoms with Crippen molar-refractivity contribution in [3.63, 3.8) is 0 Å². The molecule has 0 unspecified atom stereocenters. The normalized spacial score (nSPS) is 15.8. The Morgan fingerprint density at radius 2 is 1.93 bits per heavy atom. The first kappa shape index (κ1) is 19.7. The van der Waals surface area contributed by atoms with E-state index < -0.39 is 0 Å². The summed E-state index contributed by atoms with van der Waals surface area (Å²) >= 11 is 1.94. The lowest BCUT2D eigenvalue weighted by atomic mass is 10.0. The number of aryl methyl sites for hydroxylation is 1. The van der Waals surface area contributed by atoms with Crippen LogP contribution < -0.4 is 5.32 Å². The topological polar surface area (TPSA) is 63.1 Å². The summed E-state index contributed by atoms with van der Waals surface area (Å²) in [6, 6.07) is 17.6. The number of hydrogen-bond donors (Lipinski definition) is 1. The largest absolute Gasteiger partial charge is 0.324 e. The van der Waals surface area contributed by atoms with Crippen LogP contribution >= 0.6 is 11.8 Å². The van der Waals surface area contributed by atoms with Crippen molar-refractivity contribution in [2.45, 2.75) is 19.5 Å². The molecule has 1 atom stereocenters. The van der Waals surface area contributed by atoms with Crippen LogP contribution in [0.15, 0.2) is 60.9 Å². The second-order valence-electron chi connectivity index (χ2n) is 6.97. The second kappa shape index (κ2) is 9.24. The lowest BCUT2D eigenvalue weighted by Gasteiger charge is -2.33. The lowest BCUT2D eigenvalue weighted by molar-refractivity contribution is -0.121. The minimum Gasteiger partial charge on any atom is -0.324 e. The molecule has 1 N–H and O–H groups in total. The summed E-state index contributed by atoms with van der Waals surface area (Å²) in [6.07, 6.45) is 1.72. The molecule has 0 aliphatic carbocycles. The van der Waals surface area contributed by atoms with Gasteiger partial charge in [0.05, 0.1) is 0 Å². The Kier molecular flexibility index (Phi) is 6.27. The molecular weight excluding hydrogens is 382 g/mol. The zero-order valence-electron chi connectivity index (χ0n) is 16.5. The number of nitrogens with zero attached hydrogens (tertiary/aromatic N) is 4. The van der Waals surface area contributed by atoms with Crippen molar-refractivity contribution in [3.8, 4) is 11.4 Å². The number of nitrogens with one attached hydrogen (secondary N) is 1. The van der Waals surface area contributed by atoms with E-state index in [1.54, 1.807) is 6.33 Å². The fraction of sp³-hybridized carbons (Fsp3) is 0.318. The number of carbonyl (C=O) groups excluding carboxylic acids is 1. The first-order chi connectivity index (χ1) is 14.3. The minimum atomic E-state index is -0.292. The number of amides is 1. The second-order valence-corrected chi connectivity index (χ2v) is 8.20. The van der Waals surface area contributed by atoms with Gasteiger partial charge in [-0.2, -0.15) is 11.8 Å². The van der Waals surface area contributed by atoms with Crippen LogP contribution in [0.1, 0.15) is 18.5 Å². The Morgan fingerprint density at radius 3 is 2.69 bits per heavy atom. The number of carbonyl (C=O) groups is 1. The van der Waals surface area contributed by atoms with Gasteiger partial charge >= 0.3 is 0 Å². The first-order valence-electron chi connectivity index (χ1n) is 9.92. The number of anilines is 1. The van der Waals surface area contributed by atoms with Crippen molar-refractivity contribution >= 4 is 23.4 Å². The smallest absolute Gasteiger partial charge is 0.246 e. The van der Waals surface area contributed by atoms with Crippen molar-refractivity contribution < 1.29 is 4.79 Å². The summed E-state index contributed by atoms with van der Waals surface area (Å²) in [5.74, 6) is 2.91. The molecule has 1 amide bonds. The van der Waals surface area contributed by atoms with Gasteiger partial charge in [0.15, 0.2) is 5.82 Å². The van der Waals surface area contributed by atoms with Crippen LogP contribution in [0.5, 0.6) is 0 Å². The van der Waals surface area contributed by atoms with Crippen LogP contribution in [0, 0.1) is 0 Å². The highest BCUT2D eigenvalue weighted by atomic mass is 32.2. The Hall–Kier alpha value is -2.64. The molecule has 3 aromatic rings. The molecule has 1 aliphatic heterocycles. The molecule has 1 aromatic heterocycles. The Balaban J connectivity index is 1.58. The monoisotopic (exact) mass is 407 g/mol. The van der Waals surface area contributed by atoms with Crippen molar-refractivity contribution in [1.82, 2.24) is 19.7 Å². The van der Waals surface area contributed by atoms with E-state index in [9.17, 15) is 4.79 Å². The fourth-order valence-corrected chi connectivity index (χ4v) is 4.59. The Bertz CT molecular complexity index is 953. The summed E-state index contributed by atoms with van der Waals surface area (Å²) in [4.78, 5) is 15.6. The van der Waals surface area contributed by atoms with E-state index in [2.05, 4.69) is 27.3 Å². The average Bonchev–Trinajstić information content (AvgIpc) is 3.25. The van der Waals surface area contributed by atoms with Gasteiger partial charge in [-0.3, -0.25) is 9.69 Å². The third-order valence-corrected chi connectivity index (χ3v) is 6.06. The van der Waals surface area contributed by atoms with Crippen LogP contribution in [0.3, 0.4) is 0 Å². The van der Waals surface area contributed by atoms with Crippen molar-refractivity contribution in [1.29, 1.82) is 0 Å². The molecule has 1 fully saturated rings. The van der Waals surface area contributed by atoms with Gasteiger partial charge in [-0.05, 0) is 24.6 Å². The van der Waals surface area contributed by atoms with Gasteiger partial charge in [-0.1, -0.05) is 42.5 Å². The van der Waals surface area contributed by atoms with Crippen molar-refractivity contribution in [2.24, 2.45) is 0 Å². The number of rotatable bonds is 6. The van der Waals surface area contributed by atoms with Crippen molar-refractivity contribution in [2.75, 3.05) is 29.9 Å². The summed E-state index contributed by atoms with van der Waals surface area (Å²) in [6.45, 7) is 4.68. The van der Waals surface area contributed by atoms with Crippen LogP contribution in [0.4, 0.5) is 5.69 Å². The van der Waals surface area contributed by atoms with E-state index in [0.717, 1.165) is 53.8 Å². The Morgan fingerprint density at radius 1 is 1.14 bits per heavy atom. The zero-order chi connectivity index (χ0) is 20.1. The van der Waals surface area contributed by atoms with Crippen LogP contribution in [-0.2, 0) is 11.3 Å². The van der Waals surface area contributed by atoms with Gasteiger partial charge in [0, 0.05) is 42.4 Å². The van der Waals surface area contributed by atoms with Gasteiger partial charge in [0.25, 0.3) is 0 Å². The predicted molar refractivity (Wildman–Crippen MR) is 118 cm³/mol. The summed E-state index contributed by atoms with van der Waals surface area (Å²) in [5, 5.41) is 11.4. The number of benzene rings is 2. The number of aromatic nitrogens is 3. The standard InChI is InChI=1S/C22H25N5OS/c1-2-26-16-23-25-21(26)18-9-6-10-19(15-18)24-22(28)20(17-7-4-3-5-8-17)27-11-13-29-14-12-27/h3-10,15-16,20H,2,11-14H2,1H3,(H,24,28)/t20-/m1/s1. The van der Waals surface area contributed by atoms with Gasteiger partial charge in [0.2, 0.25) is 5.91 Å². The molecule has 0 saturated carbocycles. The Labute approximate surface area is 175 Å². The zero-order valence-corrected chi connectivity index (χ0v) is 17.3. The van der Waals surface area contributed by atoms with E-state index in [4.69, 9.17) is 0 Å². The quantitative estimate of drug-likeness (QED) is 0.675. The van der Waals surface area contributed by atoms with Gasteiger partial charge < -0.3 is 9.88 Å². The highest BCUT2D eigenvalue weighted by molar-refractivity contribution is 7.99. The van der Waals surface area contributed by atoms with E-state index in [1.807, 2.05) is 70.9 Å². The molecule has 0 bridgehead atoms. The molecule has 150 valence electrons. The van der Waals surface area contributed by atoms with E-state index >= 15 is 0 Å². The highest BCUT2D eigenvalue weighted by Crippen LogP contribution is 2.27. The number of thioether (sulfide) groups is 1. The summed E-state index contributed by atoms with van der Waals surface area (Å²) in [5.41, 5.74) is 2.73. The molecule has 1 aliphatic rings. The maximum atomic E-state index is 13.3. The molecule has 1 saturated heterocycles. The highest BCUT2D eigenvalue weighted by Gasteiger charge is 2.29. The fourth-order valence-electron chi connectivity index (χ4n) is 3.66. The molecule has 29 heavy (non-hydrogen) atoms. The molecule has 2 heterocycles. The maximum Gasteiger partial charge on any atom is 0.246 e. The van der Waals surface area contributed by atoms with E-state index in [-0.39, 0.29) is 11.9 Å². The first-order valence-corrected chi connectivity index (χ1v) is 11.1. The van der Waals surface area contributed by atoms with Crippen LogP contribution in [0.25, 0.3) is 11.4 Å². The molecule has 0 radical (unpaired) electrons. The lowest BCUT2D eigenvalue weighted by Crippen LogP contribution is -2.41. The van der Waals surface area contributed by atoms with Crippen molar-refractivity contribution in [3.05, 3.63) is 66.5 Å². The molecule has 6 nitrogen and oxygen atoms in total. The van der Waals surface area contributed by atoms with Gasteiger partial charge in [0.1, 0.15) is 12.4 Å². The maximum absolute atomic E-state index is 13.3. The third-order valence-electron chi connectivity index (χ3n) is 5.12. The van der Waals surface area contributed by atoms with Gasteiger partial charge in [-0.15, -0.1) is 10.2 Å². The summed E-state index contributed by atoms with van der Waals surface area (Å²) in [7, 11) is 0. The minimum absolute atomic E-state index is 0.00258. The molecular formula is C22H25N5OS.